The molecule has 280 valence electrons. The van der Waals surface area contributed by atoms with Gasteiger partial charge in [0.15, 0.2) is 23.0 Å². The molecular weight excluding hydrogens is 773 g/mol. The molecule has 0 radical (unpaired) electrons. The number of aromatic hydroxyl groups is 2. The summed E-state index contributed by atoms with van der Waals surface area (Å²) < 4.78 is 32.7. The van der Waals surface area contributed by atoms with Crippen LogP contribution in [0.1, 0.15) is 22.3 Å². The maximum absolute atomic E-state index is 13.1. The number of hydrogen-bond acceptors (Lipinski definition) is 16. The summed E-state index contributed by atoms with van der Waals surface area (Å²) in [6, 6.07) is 21.1. The summed E-state index contributed by atoms with van der Waals surface area (Å²) in [5, 5.41) is 27.4. The molecule has 0 fully saturated rings. The lowest BCUT2D eigenvalue weighted by Crippen LogP contribution is -2.04. The van der Waals surface area contributed by atoms with Crippen LogP contribution in [0, 0.1) is 0 Å². The molecule has 0 aliphatic carbocycles. The maximum Gasteiger partial charge on any atom is 0.349 e. The Hall–Kier alpha value is -7.30. The monoisotopic (exact) mass is 796 g/mol. The molecule has 2 N–H and O–H groups in total. The summed E-state index contributed by atoms with van der Waals surface area (Å²) in [4.78, 5) is 43.9. The molecule has 0 saturated carbocycles. The van der Waals surface area contributed by atoms with E-state index in [1.807, 2.05) is 12.1 Å². The Morgan fingerprint density at radius 2 is 1.05 bits per heavy atom. The van der Waals surface area contributed by atoms with E-state index in [1.165, 1.54) is 22.7 Å². The van der Waals surface area contributed by atoms with Gasteiger partial charge in [-0.15, -0.1) is 22.7 Å². The Kier molecular flexibility index (Phi) is 8.27. The van der Waals surface area contributed by atoms with Crippen LogP contribution in [0.15, 0.2) is 112 Å². The van der Waals surface area contributed by atoms with Crippen molar-refractivity contribution in [2.75, 3.05) is 13.6 Å². The lowest BCUT2D eigenvalue weighted by molar-refractivity contribution is 0.173. The summed E-state index contributed by atoms with van der Waals surface area (Å²) in [6.45, 7) is 0.333. The van der Waals surface area contributed by atoms with E-state index in [2.05, 4.69) is 20.0 Å². The first-order valence-corrected chi connectivity index (χ1v) is 19.0. The van der Waals surface area contributed by atoms with Gasteiger partial charge in [-0.2, -0.15) is 0 Å². The van der Waals surface area contributed by atoms with Crippen LogP contribution in [-0.4, -0.2) is 46.2 Å². The van der Waals surface area contributed by atoms with Crippen LogP contribution in [0.3, 0.4) is 0 Å². The van der Waals surface area contributed by atoms with Gasteiger partial charge in [0.25, 0.3) is 0 Å². The quantitative estimate of drug-likeness (QED) is 0.111. The van der Waals surface area contributed by atoms with Gasteiger partial charge in [0.05, 0.1) is 22.2 Å². The molecule has 8 aromatic rings. The number of rotatable bonds is 8. The van der Waals surface area contributed by atoms with Crippen LogP contribution in [-0.2, 0) is 6.42 Å². The number of benzene rings is 4. The maximum atomic E-state index is 13.1. The molecular formula is C41H24N4O10S2. The molecule has 0 spiro atoms. The summed E-state index contributed by atoms with van der Waals surface area (Å²) in [6.07, 6.45) is 3.60. The molecule has 14 nitrogen and oxygen atoms in total. The van der Waals surface area contributed by atoms with Crippen molar-refractivity contribution in [1.82, 2.24) is 9.97 Å². The van der Waals surface area contributed by atoms with Crippen molar-refractivity contribution in [3.05, 3.63) is 127 Å². The van der Waals surface area contributed by atoms with Crippen molar-refractivity contribution in [2.24, 2.45) is 9.98 Å². The lowest BCUT2D eigenvalue weighted by atomic mass is 10.00. The van der Waals surface area contributed by atoms with Gasteiger partial charge >= 0.3 is 11.3 Å². The SMILES string of the molecule is O=c1oc2ccc(Cc3ccc4oc(=O)c(-c5csc(/N=C\c6ccc7c(c6)OCO7)n5)c(O)c4c3)cc2c(O)c1-c1csc(/N=C\c2ccc3c(c2)OCO3)n1. The molecule has 4 aromatic carbocycles. The normalized spacial score (nSPS) is 13.2. The molecule has 0 saturated heterocycles. The van der Waals surface area contributed by atoms with Crippen LogP contribution in [0.4, 0.5) is 10.3 Å². The van der Waals surface area contributed by atoms with Gasteiger partial charge in [-0.05, 0) is 89.3 Å². The Morgan fingerprint density at radius 1 is 0.596 bits per heavy atom. The standard InChI is InChI=1S/C41H24N4O10S2/c46-36-24-10-20(1-5-28(24)54-38(48)34(36)26-16-56-40(44-26)42-14-22-3-7-30-32(12-22)52-18-50-30)9-21-2-6-29-25(11-21)37(47)35(39(49)55-29)27-17-57-41(45-27)43-15-23-4-8-31-33(13-23)53-19-51-31/h1-8,10-17,46-47H,9,18-19H2/b42-14-,43-15-. The highest BCUT2D eigenvalue weighted by Crippen LogP contribution is 2.39. The van der Waals surface area contributed by atoms with Crippen LogP contribution in [0.5, 0.6) is 34.5 Å². The third-order valence-corrected chi connectivity index (χ3v) is 10.7. The fourth-order valence-corrected chi connectivity index (χ4v) is 7.80. The third-order valence-electron chi connectivity index (χ3n) is 9.23. The largest absolute Gasteiger partial charge is 0.506 e. The minimum absolute atomic E-state index is 0.0811. The first kappa shape index (κ1) is 34.2. The Balaban J connectivity index is 0.908. The molecule has 4 aromatic heterocycles. The Morgan fingerprint density at radius 3 is 1.53 bits per heavy atom. The molecule has 16 heteroatoms. The highest BCUT2D eigenvalue weighted by molar-refractivity contribution is 7.14. The molecule has 2 aliphatic rings. The highest BCUT2D eigenvalue weighted by Gasteiger charge is 2.22. The van der Waals surface area contributed by atoms with E-state index in [0.29, 0.717) is 50.5 Å². The van der Waals surface area contributed by atoms with E-state index < -0.39 is 11.3 Å². The Bertz CT molecular complexity index is 2900. The van der Waals surface area contributed by atoms with Crippen LogP contribution in [0.25, 0.3) is 44.5 Å². The van der Waals surface area contributed by atoms with Crippen molar-refractivity contribution in [2.45, 2.75) is 6.42 Å². The van der Waals surface area contributed by atoms with Crippen molar-refractivity contribution in [3.63, 3.8) is 0 Å². The molecule has 57 heavy (non-hydrogen) atoms. The van der Waals surface area contributed by atoms with E-state index in [4.69, 9.17) is 27.8 Å². The van der Waals surface area contributed by atoms with Gasteiger partial charge in [0.2, 0.25) is 23.8 Å². The minimum atomic E-state index is -0.740. The van der Waals surface area contributed by atoms with Gasteiger partial charge in [0, 0.05) is 23.2 Å². The number of aromatic nitrogens is 2. The molecule has 0 bridgehead atoms. The number of aliphatic imine (C=N–C) groups is 2. The summed E-state index contributed by atoms with van der Waals surface area (Å²) in [7, 11) is 0. The number of nitrogens with zero attached hydrogens (tertiary/aromatic N) is 4. The van der Waals surface area contributed by atoms with Crippen LogP contribution in [0.2, 0.25) is 0 Å². The number of fused-ring (bicyclic) bond motifs is 4. The number of thiazole rings is 2. The fraction of sp³-hybridized carbons (Fsp3) is 0.0732. The summed E-state index contributed by atoms with van der Waals surface area (Å²) in [5.41, 5.74) is 2.30. The van der Waals surface area contributed by atoms with Crippen LogP contribution >= 0.6 is 22.7 Å². The lowest BCUT2D eigenvalue weighted by Gasteiger charge is -2.09. The zero-order valence-corrected chi connectivity index (χ0v) is 30.8. The molecule has 10 rings (SSSR count). The second kappa shape index (κ2) is 13.8. The molecule has 2 aliphatic heterocycles. The molecule has 6 heterocycles. The van der Waals surface area contributed by atoms with Crippen molar-refractivity contribution in [1.29, 1.82) is 0 Å². The van der Waals surface area contributed by atoms with Crippen molar-refractivity contribution < 1.29 is 38.0 Å². The fourth-order valence-electron chi connectivity index (χ4n) is 6.50. The zero-order chi connectivity index (χ0) is 38.6. The van der Waals surface area contributed by atoms with Gasteiger partial charge in [-0.3, -0.25) is 0 Å². The van der Waals surface area contributed by atoms with Gasteiger partial charge in [-0.1, -0.05) is 12.1 Å². The molecule has 0 atom stereocenters. The van der Waals surface area contributed by atoms with E-state index in [0.717, 1.165) is 22.3 Å². The number of ether oxygens (including phenoxy) is 4. The van der Waals surface area contributed by atoms with Gasteiger partial charge < -0.3 is 38.0 Å². The first-order valence-electron chi connectivity index (χ1n) is 17.2. The summed E-state index contributed by atoms with van der Waals surface area (Å²) in [5.74, 6) is 2.03. The predicted molar refractivity (Wildman–Crippen MR) is 213 cm³/mol. The molecule has 0 amide bonds. The molecule has 0 unspecified atom stereocenters. The predicted octanol–water partition coefficient (Wildman–Crippen LogP) is 8.11. The summed E-state index contributed by atoms with van der Waals surface area (Å²) >= 11 is 2.41. The second-order valence-corrected chi connectivity index (χ2v) is 14.5. The van der Waals surface area contributed by atoms with E-state index in [-0.39, 0.29) is 58.8 Å². The first-order chi connectivity index (χ1) is 27.8. The zero-order valence-electron chi connectivity index (χ0n) is 29.1. The smallest absolute Gasteiger partial charge is 0.349 e. The van der Waals surface area contributed by atoms with Crippen molar-refractivity contribution in [3.8, 4) is 57.0 Å². The van der Waals surface area contributed by atoms with Crippen molar-refractivity contribution >= 4 is 67.3 Å². The van der Waals surface area contributed by atoms with E-state index in [1.54, 1.807) is 83.9 Å². The van der Waals surface area contributed by atoms with Gasteiger partial charge in [-0.25, -0.2) is 29.5 Å². The second-order valence-electron chi connectivity index (χ2n) is 12.8. The van der Waals surface area contributed by atoms with Crippen LogP contribution < -0.4 is 30.2 Å². The Labute approximate surface area is 327 Å². The van der Waals surface area contributed by atoms with Gasteiger partial charge in [0.1, 0.15) is 33.8 Å². The highest BCUT2D eigenvalue weighted by atomic mass is 32.1. The topological polar surface area (TPSA) is 188 Å². The number of hydrogen-bond donors (Lipinski definition) is 2. The third kappa shape index (κ3) is 6.41. The average molecular weight is 797 g/mol. The average Bonchev–Trinajstić information content (AvgIpc) is 4.05. The van der Waals surface area contributed by atoms with E-state index in [9.17, 15) is 19.8 Å². The minimum Gasteiger partial charge on any atom is -0.506 e. The van der Waals surface area contributed by atoms with E-state index >= 15 is 0 Å².